The Hall–Kier alpha value is -2.49. The molecule has 2 aromatic rings. The quantitative estimate of drug-likeness (QED) is 0.738. The van der Waals surface area contributed by atoms with Crippen molar-refractivity contribution in [1.29, 1.82) is 0 Å². The number of carbonyl (C=O) groups excluding carboxylic acids is 1. The van der Waals surface area contributed by atoms with Crippen molar-refractivity contribution in [3.63, 3.8) is 0 Å². The van der Waals surface area contributed by atoms with Crippen molar-refractivity contribution < 1.29 is 13.2 Å². The molecule has 1 amide bonds. The Morgan fingerprint density at radius 2 is 1.57 bits per heavy atom. The van der Waals surface area contributed by atoms with Crippen LogP contribution in [0.25, 0.3) is 0 Å². The summed E-state index contributed by atoms with van der Waals surface area (Å²) >= 11 is 5.20. The maximum absolute atomic E-state index is 12.1. The summed E-state index contributed by atoms with van der Waals surface area (Å²) in [6.45, 7) is 2.25. The normalized spacial score (nSPS) is 15.1. The van der Waals surface area contributed by atoms with E-state index in [1.54, 1.807) is 24.3 Å². The van der Waals surface area contributed by atoms with E-state index in [9.17, 15) is 13.2 Å². The van der Waals surface area contributed by atoms with Crippen LogP contribution in [-0.4, -0.2) is 56.2 Å². The zero-order chi connectivity index (χ0) is 20.1. The number of piperazine rings is 1. The topological polar surface area (TPSA) is 81.8 Å². The smallest absolute Gasteiger partial charge is 0.257 e. The maximum atomic E-state index is 12.1. The molecule has 3 rings (SSSR count). The Labute approximate surface area is 170 Å². The molecule has 0 aliphatic carbocycles. The first kappa shape index (κ1) is 20.2. The lowest BCUT2D eigenvalue weighted by Crippen LogP contribution is -2.48. The average Bonchev–Trinajstić information content (AvgIpc) is 2.68. The highest BCUT2D eigenvalue weighted by molar-refractivity contribution is 7.88. The van der Waals surface area contributed by atoms with E-state index >= 15 is 0 Å². The lowest BCUT2D eigenvalue weighted by molar-refractivity contribution is 0.0977. The van der Waals surface area contributed by atoms with Crippen molar-refractivity contribution in [2.75, 3.05) is 42.7 Å². The molecule has 1 aliphatic heterocycles. The van der Waals surface area contributed by atoms with Crippen molar-refractivity contribution in [2.45, 2.75) is 0 Å². The van der Waals surface area contributed by atoms with Gasteiger partial charge in [0, 0.05) is 43.1 Å². The van der Waals surface area contributed by atoms with Gasteiger partial charge in [-0.15, -0.1) is 0 Å². The fourth-order valence-electron chi connectivity index (χ4n) is 2.96. The zero-order valence-corrected chi connectivity index (χ0v) is 17.1. The number of thiocarbonyl (C=S) groups is 1. The van der Waals surface area contributed by atoms with Crippen LogP contribution in [0.3, 0.4) is 0 Å². The summed E-state index contributed by atoms with van der Waals surface area (Å²) in [6.07, 6.45) is 1.24. The molecule has 0 spiro atoms. The minimum atomic E-state index is -3.13. The van der Waals surface area contributed by atoms with Gasteiger partial charge in [0.2, 0.25) is 10.0 Å². The lowest BCUT2D eigenvalue weighted by Gasteiger charge is -2.34. The van der Waals surface area contributed by atoms with Crippen LogP contribution in [0, 0.1) is 0 Å². The molecular formula is C19H22N4O3S2. The van der Waals surface area contributed by atoms with Crippen molar-refractivity contribution in [1.82, 2.24) is 9.62 Å². The summed E-state index contributed by atoms with van der Waals surface area (Å²) in [5.41, 5.74) is 2.31. The van der Waals surface area contributed by atoms with Crippen LogP contribution in [0.4, 0.5) is 11.4 Å². The van der Waals surface area contributed by atoms with Gasteiger partial charge >= 0.3 is 0 Å². The molecule has 1 aliphatic rings. The summed E-state index contributed by atoms with van der Waals surface area (Å²) in [6, 6.07) is 16.5. The van der Waals surface area contributed by atoms with Gasteiger partial charge in [-0.2, -0.15) is 4.31 Å². The number of amides is 1. The van der Waals surface area contributed by atoms with Gasteiger partial charge in [-0.05, 0) is 48.6 Å². The largest absolute Gasteiger partial charge is 0.369 e. The van der Waals surface area contributed by atoms with Gasteiger partial charge < -0.3 is 10.2 Å². The van der Waals surface area contributed by atoms with Gasteiger partial charge in [0.15, 0.2) is 5.11 Å². The van der Waals surface area contributed by atoms with Gasteiger partial charge in [-0.3, -0.25) is 10.1 Å². The number of nitrogens with one attached hydrogen (secondary N) is 2. The molecule has 0 saturated carbocycles. The highest BCUT2D eigenvalue weighted by Gasteiger charge is 2.23. The molecule has 148 valence electrons. The number of hydrogen-bond acceptors (Lipinski definition) is 5. The van der Waals surface area contributed by atoms with Crippen LogP contribution in [0.5, 0.6) is 0 Å². The molecule has 7 nitrogen and oxygen atoms in total. The first-order valence-electron chi connectivity index (χ1n) is 8.80. The third-order valence-corrected chi connectivity index (χ3v) is 5.97. The molecule has 0 unspecified atom stereocenters. The first-order valence-corrected chi connectivity index (χ1v) is 11.1. The standard InChI is InChI=1S/C19H22N4O3S2/c1-28(25,26)23-13-11-22(12-14-23)17-9-7-16(8-10-17)20-19(27)21-18(24)15-5-3-2-4-6-15/h2-10H,11-14H2,1H3,(H2,20,21,24,27). The average molecular weight is 419 g/mol. The number of nitrogens with zero attached hydrogens (tertiary/aromatic N) is 2. The molecule has 0 bridgehead atoms. The second-order valence-corrected chi connectivity index (χ2v) is 8.86. The van der Waals surface area contributed by atoms with E-state index in [4.69, 9.17) is 12.2 Å². The molecule has 2 aromatic carbocycles. The molecular weight excluding hydrogens is 396 g/mol. The van der Waals surface area contributed by atoms with E-state index in [0.29, 0.717) is 31.7 Å². The van der Waals surface area contributed by atoms with Crippen LogP contribution >= 0.6 is 12.2 Å². The van der Waals surface area contributed by atoms with Crippen molar-refractivity contribution in [3.05, 3.63) is 60.2 Å². The first-order chi connectivity index (χ1) is 13.3. The SMILES string of the molecule is CS(=O)(=O)N1CCN(c2ccc(NC(=S)NC(=O)c3ccccc3)cc2)CC1. The van der Waals surface area contributed by atoms with Gasteiger partial charge in [-0.1, -0.05) is 18.2 Å². The summed E-state index contributed by atoms with van der Waals surface area (Å²) in [5.74, 6) is -0.265. The Morgan fingerprint density at radius 3 is 2.14 bits per heavy atom. The molecule has 0 aromatic heterocycles. The molecule has 28 heavy (non-hydrogen) atoms. The van der Waals surface area contributed by atoms with E-state index in [1.807, 2.05) is 30.3 Å². The number of sulfonamides is 1. The van der Waals surface area contributed by atoms with Gasteiger partial charge in [0.25, 0.3) is 5.91 Å². The minimum Gasteiger partial charge on any atom is -0.369 e. The van der Waals surface area contributed by atoms with Gasteiger partial charge in [0.05, 0.1) is 6.26 Å². The third kappa shape index (κ3) is 5.28. The third-order valence-electron chi connectivity index (χ3n) is 4.46. The summed E-state index contributed by atoms with van der Waals surface area (Å²) < 4.78 is 24.7. The number of anilines is 2. The highest BCUT2D eigenvalue weighted by atomic mass is 32.2. The molecule has 9 heteroatoms. The van der Waals surface area contributed by atoms with Crippen molar-refractivity contribution >= 4 is 44.6 Å². The number of benzene rings is 2. The predicted molar refractivity (Wildman–Crippen MR) is 115 cm³/mol. The Morgan fingerprint density at radius 1 is 0.964 bits per heavy atom. The molecule has 0 atom stereocenters. The van der Waals surface area contributed by atoms with E-state index in [2.05, 4.69) is 15.5 Å². The van der Waals surface area contributed by atoms with Crippen LogP contribution < -0.4 is 15.5 Å². The minimum absolute atomic E-state index is 0.225. The van der Waals surface area contributed by atoms with E-state index in [-0.39, 0.29) is 11.0 Å². The van der Waals surface area contributed by atoms with Crippen LogP contribution in [0.15, 0.2) is 54.6 Å². The number of rotatable bonds is 4. The molecule has 1 heterocycles. The fraction of sp³-hybridized carbons (Fsp3) is 0.263. The number of carbonyl (C=O) groups is 1. The van der Waals surface area contributed by atoms with E-state index < -0.39 is 10.0 Å². The van der Waals surface area contributed by atoms with Crippen LogP contribution in [-0.2, 0) is 10.0 Å². The Balaban J connectivity index is 1.53. The summed E-state index contributed by atoms with van der Waals surface area (Å²) in [7, 11) is -3.13. The van der Waals surface area contributed by atoms with Crippen molar-refractivity contribution in [3.8, 4) is 0 Å². The monoisotopic (exact) mass is 418 g/mol. The summed E-state index contributed by atoms with van der Waals surface area (Å²) in [4.78, 5) is 14.3. The Kier molecular flexibility index (Phi) is 6.28. The maximum Gasteiger partial charge on any atom is 0.257 e. The van der Waals surface area contributed by atoms with Crippen molar-refractivity contribution in [2.24, 2.45) is 0 Å². The Bertz CT molecular complexity index is 939. The van der Waals surface area contributed by atoms with E-state index in [0.717, 1.165) is 11.4 Å². The summed E-state index contributed by atoms with van der Waals surface area (Å²) in [5, 5.41) is 5.87. The van der Waals surface area contributed by atoms with Crippen LogP contribution in [0.1, 0.15) is 10.4 Å². The lowest BCUT2D eigenvalue weighted by atomic mass is 10.2. The fourth-order valence-corrected chi connectivity index (χ4v) is 4.00. The second kappa shape index (κ2) is 8.68. The van der Waals surface area contributed by atoms with Gasteiger partial charge in [0.1, 0.15) is 0 Å². The van der Waals surface area contributed by atoms with E-state index in [1.165, 1.54) is 10.6 Å². The highest BCUT2D eigenvalue weighted by Crippen LogP contribution is 2.20. The molecule has 2 N–H and O–H groups in total. The van der Waals surface area contributed by atoms with Crippen LogP contribution in [0.2, 0.25) is 0 Å². The second-order valence-electron chi connectivity index (χ2n) is 6.47. The molecule has 1 saturated heterocycles. The predicted octanol–water partition coefficient (Wildman–Crippen LogP) is 1.89. The molecule has 0 radical (unpaired) electrons. The van der Waals surface area contributed by atoms with Gasteiger partial charge in [-0.25, -0.2) is 8.42 Å². The molecule has 1 fully saturated rings. The number of hydrogen-bond donors (Lipinski definition) is 2. The zero-order valence-electron chi connectivity index (χ0n) is 15.5.